The molecular formula is C29H36Cl2N4O6. The summed E-state index contributed by atoms with van der Waals surface area (Å²) in [7, 11) is 0. The van der Waals surface area contributed by atoms with Gasteiger partial charge in [0.05, 0.1) is 6.04 Å². The van der Waals surface area contributed by atoms with Crippen LogP contribution in [0.15, 0.2) is 24.3 Å². The zero-order valence-electron chi connectivity index (χ0n) is 23.3. The number of hydrogen-bond donors (Lipinski definition) is 3. The second kappa shape index (κ2) is 10.8. The Morgan fingerprint density at radius 1 is 1.07 bits per heavy atom. The normalized spacial score (nSPS) is 25.9. The number of primary amides is 1. The van der Waals surface area contributed by atoms with E-state index >= 15 is 0 Å². The van der Waals surface area contributed by atoms with Crippen LogP contribution in [0.4, 0.5) is 4.79 Å². The Kier molecular flexibility index (Phi) is 7.78. The van der Waals surface area contributed by atoms with Gasteiger partial charge in [-0.05, 0) is 63.0 Å². The fourth-order valence-electron chi connectivity index (χ4n) is 6.30. The summed E-state index contributed by atoms with van der Waals surface area (Å²) in [5.41, 5.74) is 6.65. The summed E-state index contributed by atoms with van der Waals surface area (Å²) in [6.45, 7) is 5.30. The summed E-state index contributed by atoms with van der Waals surface area (Å²) in [6.07, 6.45) is 2.46. The van der Waals surface area contributed by atoms with Gasteiger partial charge in [-0.15, -0.1) is 23.2 Å². The van der Waals surface area contributed by atoms with Gasteiger partial charge < -0.3 is 26.0 Å². The van der Waals surface area contributed by atoms with E-state index in [2.05, 4.69) is 10.6 Å². The minimum Gasteiger partial charge on any atom is -0.444 e. The van der Waals surface area contributed by atoms with Crippen LogP contribution in [-0.4, -0.2) is 69.1 Å². The molecule has 1 aromatic carbocycles. The number of nitrogens with zero attached hydrogens (tertiary/aromatic N) is 1. The van der Waals surface area contributed by atoms with Crippen molar-refractivity contribution in [1.29, 1.82) is 0 Å². The fourth-order valence-corrected chi connectivity index (χ4v) is 7.13. The fraction of sp³-hybridized carbons (Fsp3) is 0.621. The average Bonchev–Trinajstić information content (AvgIpc) is 3.63. The van der Waals surface area contributed by atoms with Crippen molar-refractivity contribution in [2.45, 2.75) is 80.9 Å². The highest BCUT2D eigenvalue weighted by Crippen LogP contribution is 2.65. The van der Waals surface area contributed by atoms with Gasteiger partial charge in [0, 0.05) is 18.4 Å². The minimum absolute atomic E-state index is 0.109. The maximum absolute atomic E-state index is 14.2. The number of hydrogen-bond acceptors (Lipinski definition) is 6. The number of halogens is 2. The predicted molar refractivity (Wildman–Crippen MR) is 151 cm³/mol. The first kappa shape index (κ1) is 29.6. The van der Waals surface area contributed by atoms with Crippen molar-refractivity contribution in [2.75, 3.05) is 6.54 Å². The molecule has 12 heteroatoms. The number of alkyl halides is 2. The second-order valence-electron chi connectivity index (χ2n) is 12.8. The largest absolute Gasteiger partial charge is 0.444 e. The van der Waals surface area contributed by atoms with E-state index in [1.807, 2.05) is 24.3 Å². The van der Waals surface area contributed by atoms with Crippen molar-refractivity contribution in [1.82, 2.24) is 15.5 Å². The first-order valence-electron chi connectivity index (χ1n) is 14.1. The summed E-state index contributed by atoms with van der Waals surface area (Å²) in [5.74, 6) is -4.08. The molecule has 3 aliphatic carbocycles. The van der Waals surface area contributed by atoms with Crippen LogP contribution in [0, 0.1) is 23.7 Å². The third kappa shape index (κ3) is 6.18. The van der Waals surface area contributed by atoms with E-state index in [-0.39, 0.29) is 24.3 Å². The molecule has 1 saturated heterocycles. The van der Waals surface area contributed by atoms with Crippen molar-refractivity contribution in [3.63, 3.8) is 0 Å². The van der Waals surface area contributed by atoms with Crippen LogP contribution in [0.2, 0.25) is 0 Å². The van der Waals surface area contributed by atoms with E-state index in [4.69, 9.17) is 33.7 Å². The summed E-state index contributed by atoms with van der Waals surface area (Å²) in [6, 6.07) is 4.69. The third-order valence-corrected chi connectivity index (χ3v) is 9.58. The molecule has 4 aliphatic rings. The van der Waals surface area contributed by atoms with E-state index in [1.165, 1.54) is 4.90 Å². The molecule has 2 unspecified atom stereocenters. The highest BCUT2D eigenvalue weighted by Gasteiger charge is 2.74. The number of carbonyl (C=O) groups excluding carboxylic acids is 5. The second-order valence-corrected chi connectivity index (χ2v) is 14.2. The summed E-state index contributed by atoms with van der Waals surface area (Å²) >= 11 is 13.0. The highest BCUT2D eigenvalue weighted by atomic mass is 35.5. The molecule has 1 aliphatic heterocycles. The number of alkyl carbamates (subject to hydrolysis) is 1. The topological polar surface area (TPSA) is 148 Å². The van der Waals surface area contributed by atoms with Crippen molar-refractivity contribution in [2.24, 2.45) is 29.4 Å². The molecule has 41 heavy (non-hydrogen) atoms. The molecule has 222 valence electrons. The van der Waals surface area contributed by atoms with Crippen molar-refractivity contribution in [3.05, 3.63) is 35.4 Å². The first-order valence-corrected chi connectivity index (χ1v) is 14.8. The zero-order chi connectivity index (χ0) is 29.9. The van der Waals surface area contributed by atoms with Crippen LogP contribution in [0.1, 0.15) is 51.2 Å². The van der Waals surface area contributed by atoms with Crippen molar-refractivity contribution in [3.8, 4) is 0 Å². The van der Waals surface area contributed by atoms with E-state index in [0.717, 1.165) is 24.0 Å². The lowest BCUT2D eigenvalue weighted by Gasteiger charge is -2.35. The first-order chi connectivity index (χ1) is 19.2. The van der Waals surface area contributed by atoms with Crippen molar-refractivity contribution >= 4 is 52.8 Å². The Morgan fingerprint density at radius 2 is 1.68 bits per heavy atom. The van der Waals surface area contributed by atoms with E-state index in [0.29, 0.717) is 19.3 Å². The third-order valence-electron chi connectivity index (χ3n) is 8.52. The molecule has 5 rings (SSSR count). The van der Waals surface area contributed by atoms with Crippen LogP contribution >= 0.6 is 23.2 Å². The number of amides is 4. The number of likely N-dealkylation sites (tertiary alicyclic amines) is 1. The number of nitrogens with one attached hydrogen (secondary N) is 2. The molecule has 0 radical (unpaired) electrons. The number of fused-ring (bicyclic) bond motifs is 2. The predicted octanol–water partition coefficient (Wildman–Crippen LogP) is 2.26. The van der Waals surface area contributed by atoms with Gasteiger partial charge in [-0.3, -0.25) is 19.2 Å². The minimum atomic E-state index is -1.21. The number of nitrogens with two attached hydrogens (primary N) is 1. The molecule has 5 atom stereocenters. The van der Waals surface area contributed by atoms with Gasteiger partial charge in [0.25, 0.3) is 5.91 Å². The Bertz CT molecular complexity index is 1250. The molecular weight excluding hydrogens is 571 g/mol. The average molecular weight is 608 g/mol. The van der Waals surface area contributed by atoms with Gasteiger partial charge in [-0.2, -0.15) is 0 Å². The molecule has 10 nitrogen and oxygen atoms in total. The van der Waals surface area contributed by atoms with E-state index in [1.54, 1.807) is 20.8 Å². The van der Waals surface area contributed by atoms with Gasteiger partial charge in [0.15, 0.2) is 0 Å². The Balaban J connectivity index is 1.39. The number of rotatable bonds is 9. The molecule has 2 saturated carbocycles. The number of carbonyl (C=O) groups is 5. The highest BCUT2D eigenvalue weighted by molar-refractivity contribution is 6.51. The summed E-state index contributed by atoms with van der Waals surface area (Å²) in [5, 5.41) is 5.45. The van der Waals surface area contributed by atoms with Crippen LogP contribution in [0.3, 0.4) is 0 Å². The van der Waals surface area contributed by atoms with Gasteiger partial charge >= 0.3 is 6.09 Å². The Hall–Kier alpha value is -2.85. The van der Waals surface area contributed by atoms with Gasteiger partial charge in [0.2, 0.25) is 17.6 Å². The molecule has 4 N–H and O–H groups in total. The lowest BCUT2D eigenvalue weighted by Crippen LogP contribution is -2.60. The molecule has 0 bridgehead atoms. The SMILES string of the molecule is CC(C)(C)OC(=O)NC(C(=O)N1C[C@H]2[C@@H]([C@H]1C(=O)NC(CC1CC1)C(=O)C(N)=O)C2(Cl)Cl)C1Cc2ccccc2C1. The zero-order valence-corrected chi connectivity index (χ0v) is 24.8. The Morgan fingerprint density at radius 3 is 2.22 bits per heavy atom. The molecule has 1 aromatic rings. The van der Waals surface area contributed by atoms with Gasteiger partial charge in [-0.25, -0.2) is 4.79 Å². The molecule has 0 aromatic heterocycles. The number of piperidine rings is 1. The van der Waals surface area contributed by atoms with Crippen LogP contribution in [0.5, 0.6) is 0 Å². The Labute approximate surface area is 249 Å². The van der Waals surface area contributed by atoms with E-state index < -0.39 is 63.6 Å². The number of ether oxygens (including phenoxy) is 1. The molecule has 1 heterocycles. The van der Waals surface area contributed by atoms with Crippen molar-refractivity contribution < 1.29 is 28.7 Å². The molecule has 0 spiro atoms. The lowest BCUT2D eigenvalue weighted by molar-refractivity contribution is -0.144. The number of benzene rings is 1. The lowest BCUT2D eigenvalue weighted by atomic mass is 9.94. The van der Waals surface area contributed by atoms with E-state index in [9.17, 15) is 24.0 Å². The molecule has 4 amide bonds. The van der Waals surface area contributed by atoms with Gasteiger partial charge in [-0.1, -0.05) is 37.1 Å². The number of Topliss-reactive ketones (excluding diaryl/α,β-unsaturated/α-hetero) is 1. The summed E-state index contributed by atoms with van der Waals surface area (Å²) in [4.78, 5) is 66.5. The van der Waals surface area contributed by atoms with Crippen LogP contribution in [-0.2, 0) is 36.8 Å². The monoisotopic (exact) mass is 606 g/mol. The summed E-state index contributed by atoms with van der Waals surface area (Å²) < 4.78 is 4.26. The smallest absolute Gasteiger partial charge is 0.408 e. The number of ketones is 1. The molecule has 3 fully saturated rings. The quantitative estimate of drug-likeness (QED) is 0.290. The van der Waals surface area contributed by atoms with Crippen LogP contribution < -0.4 is 16.4 Å². The standard InChI is InChI=1S/C29H36Cl2N4O6/c1-28(2,3)41-27(40)34-21(17-11-15-6-4-5-7-16(15)12-17)26(39)35-13-18-20(29(18,30)31)22(35)25(38)33-19(10-14-8-9-14)23(36)24(32)37/h4-7,14,17-22H,8-13H2,1-3H3,(H2,32,37)(H,33,38)(H,34,40)/t18-,19?,20-,21?,22-/m0/s1. The van der Waals surface area contributed by atoms with Gasteiger partial charge in [0.1, 0.15) is 22.0 Å². The van der Waals surface area contributed by atoms with Crippen LogP contribution in [0.25, 0.3) is 0 Å². The maximum Gasteiger partial charge on any atom is 0.408 e. The maximum atomic E-state index is 14.2.